The second kappa shape index (κ2) is 3.32. The van der Waals surface area contributed by atoms with E-state index in [1.807, 2.05) is 12.1 Å². The Labute approximate surface area is 87.3 Å². The molecule has 0 saturated carbocycles. The van der Waals surface area contributed by atoms with E-state index in [4.69, 9.17) is 5.73 Å². The van der Waals surface area contributed by atoms with Crippen molar-refractivity contribution in [3.63, 3.8) is 0 Å². The van der Waals surface area contributed by atoms with E-state index in [0.29, 0.717) is 12.0 Å². The molecule has 4 N–H and O–H groups in total. The summed E-state index contributed by atoms with van der Waals surface area (Å²) in [6, 6.07) is 7.20. The number of aliphatic hydroxyl groups is 2. The van der Waals surface area contributed by atoms with E-state index in [0.717, 1.165) is 5.56 Å². The molecule has 1 aliphatic rings. The smallest absolute Gasteiger partial charge is 0.252 e. The molecule has 0 radical (unpaired) electrons. The summed E-state index contributed by atoms with van der Waals surface area (Å²) in [5.74, 6) is -0.871. The SMILES string of the molecule is NC(=O)C1(O)CCc2ccccc2C1O. The summed E-state index contributed by atoms with van der Waals surface area (Å²) in [7, 11) is 0. The van der Waals surface area contributed by atoms with Crippen LogP contribution in [0, 0.1) is 0 Å². The van der Waals surface area contributed by atoms with Crippen molar-refractivity contribution in [2.75, 3.05) is 0 Å². The second-order valence-corrected chi connectivity index (χ2v) is 3.89. The van der Waals surface area contributed by atoms with Crippen LogP contribution in [-0.2, 0) is 11.2 Å². The van der Waals surface area contributed by atoms with Crippen LogP contribution in [0.3, 0.4) is 0 Å². The Balaban J connectivity index is 2.46. The van der Waals surface area contributed by atoms with Gasteiger partial charge in [0.05, 0.1) is 0 Å². The summed E-state index contributed by atoms with van der Waals surface area (Å²) in [6.07, 6.45) is -0.507. The number of carbonyl (C=O) groups excluding carboxylic acids is 1. The molecule has 80 valence electrons. The van der Waals surface area contributed by atoms with Gasteiger partial charge in [-0.1, -0.05) is 24.3 Å². The van der Waals surface area contributed by atoms with E-state index < -0.39 is 17.6 Å². The van der Waals surface area contributed by atoms with E-state index in [-0.39, 0.29) is 6.42 Å². The van der Waals surface area contributed by atoms with Crippen LogP contribution >= 0.6 is 0 Å². The third-order valence-electron chi connectivity index (χ3n) is 3.00. The summed E-state index contributed by atoms with van der Waals surface area (Å²) in [5.41, 5.74) is 4.82. The van der Waals surface area contributed by atoms with E-state index in [1.54, 1.807) is 12.1 Å². The van der Waals surface area contributed by atoms with E-state index in [1.165, 1.54) is 0 Å². The van der Waals surface area contributed by atoms with Gasteiger partial charge in [-0.3, -0.25) is 4.79 Å². The monoisotopic (exact) mass is 207 g/mol. The Morgan fingerprint density at radius 2 is 2.13 bits per heavy atom. The number of rotatable bonds is 1. The lowest BCUT2D eigenvalue weighted by atomic mass is 9.77. The van der Waals surface area contributed by atoms with Crippen molar-refractivity contribution in [3.05, 3.63) is 35.4 Å². The molecule has 4 heteroatoms. The van der Waals surface area contributed by atoms with E-state index in [9.17, 15) is 15.0 Å². The number of amides is 1. The van der Waals surface area contributed by atoms with Crippen molar-refractivity contribution in [1.29, 1.82) is 0 Å². The van der Waals surface area contributed by atoms with Gasteiger partial charge in [-0.25, -0.2) is 0 Å². The van der Waals surface area contributed by atoms with E-state index in [2.05, 4.69) is 0 Å². The highest BCUT2D eigenvalue weighted by Gasteiger charge is 2.45. The van der Waals surface area contributed by atoms with Crippen molar-refractivity contribution < 1.29 is 15.0 Å². The number of aryl methyl sites for hydroxylation is 1. The maximum atomic E-state index is 11.1. The fraction of sp³-hybridized carbons (Fsp3) is 0.364. The van der Waals surface area contributed by atoms with E-state index >= 15 is 0 Å². The average molecular weight is 207 g/mol. The first-order valence-electron chi connectivity index (χ1n) is 4.84. The van der Waals surface area contributed by atoms with Crippen LogP contribution in [0.4, 0.5) is 0 Å². The molecule has 0 saturated heterocycles. The van der Waals surface area contributed by atoms with Gasteiger partial charge in [0.2, 0.25) is 0 Å². The quantitative estimate of drug-likeness (QED) is 0.600. The van der Waals surface area contributed by atoms with Gasteiger partial charge in [0, 0.05) is 0 Å². The Morgan fingerprint density at radius 1 is 1.47 bits per heavy atom. The maximum Gasteiger partial charge on any atom is 0.252 e. The van der Waals surface area contributed by atoms with Gasteiger partial charge in [0.1, 0.15) is 6.10 Å². The number of carbonyl (C=O) groups is 1. The van der Waals surface area contributed by atoms with Gasteiger partial charge in [-0.15, -0.1) is 0 Å². The van der Waals surface area contributed by atoms with Crippen LogP contribution in [0.1, 0.15) is 23.7 Å². The van der Waals surface area contributed by atoms with Gasteiger partial charge >= 0.3 is 0 Å². The van der Waals surface area contributed by atoms with Crippen LogP contribution in [-0.4, -0.2) is 21.7 Å². The van der Waals surface area contributed by atoms with Crippen molar-refractivity contribution >= 4 is 5.91 Å². The average Bonchev–Trinajstić information content (AvgIpc) is 2.24. The Bertz CT molecular complexity index is 405. The van der Waals surface area contributed by atoms with Crippen LogP contribution in [0.25, 0.3) is 0 Å². The van der Waals surface area contributed by atoms with Crippen LogP contribution in [0.2, 0.25) is 0 Å². The zero-order valence-corrected chi connectivity index (χ0v) is 8.18. The zero-order chi connectivity index (χ0) is 11.1. The number of hydrogen-bond donors (Lipinski definition) is 3. The first-order chi connectivity index (χ1) is 7.05. The van der Waals surface area contributed by atoms with Gasteiger partial charge in [0.15, 0.2) is 5.60 Å². The molecule has 0 fully saturated rings. The molecule has 1 amide bonds. The van der Waals surface area contributed by atoms with Gasteiger partial charge in [-0.2, -0.15) is 0 Å². The largest absolute Gasteiger partial charge is 0.385 e. The highest BCUT2D eigenvalue weighted by molar-refractivity contribution is 5.84. The minimum Gasteiger partial charge on any atom is -0.385 e. The molecule has 1 aromatic rings. The number of primary amides is 1. The number of nitrogens with two attached hydrogens (primary N) is 1. The van der Waals surface area contributed by atoms with Crippen LogP contribution in [0.15, 0.2) is 24.3 Å². The Morgan fingerprint density at radius 3 is 2.80 bits per heavy atom. The third kappa shape index (κ3) is 1.42. The lowest BCUT2D eigenvalue weighted by Crippen LogP contribution is -2.51. The summed E-state index contributed by atoms with van der Waals surface area (Å²) in [4.78, 5) is 11.1. The molecule has 2 unspecified atom stereocenters. The van der Waals surface area contributed by atoms with Crippen molar-refractivity contribution in [2.45, 2.75) is 24.5 Å². The Hall–Kier alpha value is -1.39. The molecule has 0 spiro atoms. The maximum absolute atomic E-state index is 11.1. The summed E-state index contributed by atoms with van der Waals surface area (Å²) in [6.45, 7) is 0. The highest BCUT2D eigenvalue weighted by atomic mass is 16.4. The summed E-state index contributed by atoms with van der Waals surface area (Å²) in [5, 5.41) is 19.8. The third-order valence-corrected chi connectivity index (χ3v) is 3.00. The predicted octanol–water partition coefficient (Wildman–Crippen LogP) is -0.117. The van der Waals surface area contributed by atoms with Crippen LogP contribution in [0.5, 0.6) is 0 Å². The zero-order valence-electron chi connectivity index (χ0n) is 8.18. The normalized spacial score (nSPS) is 29.6. The van der Waals surface area contributed by atoms with Crippen molar-refractivity contribution in [1.82, 2.24) is 0 Å². The van der Waals surface area contributed by atoms with Crippen molar-refractivity contribution in [2.24, 2.45) is 5.73 Å². The molecule has 2 rings (SSSR count). The molecule has 0 aromatic heterocycles. The minimum absolute atomic E-state index is 0.167. The molecule has 1 aliphatic carbocycles. The van der Waals surface area contributed by atoms with Crippen LogP contribution < -0.4 is 5.73 Å². The molecule has 0 heterocycles. The second-order valence-electron chi connectivity index (χ2n) is 3.89. The fourth-order valence-electron chi connectivity index (χ4n) is 2.01. The topological polar surface area (TPSA) is 83.6 Å². The molecule has 0 bridgehead atoms. The molecule has 1 aromatic carbocycles. The predicted molar refractivity (Wildman–Crippen MR) is 53.9 cm³/mol. The number of fused-ring (bicyclic) bond motifs is 1. The molecular weight excluding hydrogens is 194 g/mol. The first-order valence-corrected chi connectivity index (χ1v) is 4.84. The molecule has 0 aliphatic heterocycles. The molecule has 4 nitrogen and oxygen atoms in total. The summed E-state index contributed by atoms with van der Waals surface area (Å²) >= 11 is 0. The minimum atomic E-state index is -1.83. The number of benzene rings is 1. The Kier molecular flexibility index (Phi) is 2.25. The molecular formula is C11H13NO3. The number of hydrogen-bond acceptors (Lipinski definition) is 3. The van der Waals surface area contributed by atoms with Gasteiger partial charge in [-0.05, 0) is 24.0 Å². The van der Waals surface area contributed by atoms with Gasteiger partial charge in [0.25, 0.3) is 5.91 Å². The molecule has 15 heavy (non-hydrogen) atoms. The van der Waals surface area contributed by atoms with Crippen molar-refractivity contribution in [3.8, 4) is 0 Å². The lowest BCUT2D eigenvalue weighted by molar-refractivity contribution is -0.153. The fourth-order valence-corrected chi connectivity index (χ4v) is 2.01. The lowest BCUT2D eigenvalue weighted by Gasteiger charge is -2.35. The first kappa shape index (κ1) is 10.1. The molecule has 2 atom stereocenters. The standard InChI is InChI=1S/C11H13NO3/c12-10(14)11(15)6-5-7-3-1-2-4-8(7)9(11)13/h1-4,9,13,15H,5-6H2,(H2,12,14). The summed E-state index contributed by atoms with van der Waals surface area (Å²) < 4.78 is 0. The highest BCUT2D eigenvalue weighted by Crippen LogP contribution is 2.37. The number of aliphatic hydroxyl groups excluding tert-OH is 1. The van der Waals surface area contributed by atoms with Gasteiger partial charge < -0.3 is 15.9 Å².